The monoisotopic (exact) mass is 551 g/mol. The van der Waals surface area contributed by atoms with Gasteiger partial charge in [0, 0.05) is 30.6 Å². The molecule has 0 aliphatic carbocycles. The van der Waals surface area contributed by atoms with Crippen LogP contribution in [0.4, 0.5) is 0 Å². The molecule has 0 radical (unpaired) electrons. The molecule has 7 nitrogen and oxygen atoms in total. The number of nitrogens with one attached hydrogen (secondary N) is 3. The van der Waals surface area contributed by atoms with Crippen molar-refractivity contribution in [1.82, 2.24) is 20.3 Å². The fraction of sp³-hybridized carbons (Fsp3) is 0.474. The summed E-state index contributed by atoms with van der Waals surface area (Å²) in [6.07, 6.45) is 3.82. The molecule has 1 aromatic carbocycles. The van der Waals surface area contributed by atoms with E-state index in [-0.39, 0.29) is 29.7 Å². The van der Waals surface area contributed by atoms with Crippen LogP contribution in [0.3, 0.4) is 0 Å². The van der Waals surface area contributed by atoms with Gasteiger partial charge < -0.3 is 10.6 Å². The van der Waals surface area contributed by atoms with Crippen molar-refractivity contribution in [3.63, 3.8) is 0 Å². The van der Waals surface area contributed by atoms with Gasteiger partial charge in [-0.25, -0.2) is 23.1 Å². The summed E-state index contributed by atoms with van der Waals surface area (Å²) in [5.41, 5.74) is 1.71. The Labute approximate surface area is 194 Å². The minimum atomic E-state index is -3.28. The molecule has 0 aliphatic rings. The Balaban J connectivity index is 0.00000420. The number of aryl methyl sites for hydroxylation is 1. The lowest BCUT2D eigenvalue weighted by molar-refractivity contribution is 0.587. The van der Waals surface area contributed by atoms with Gasteiger partial charge in [0.05, 0.1) is 17.3 Å². The second kappa shape index (κ2) is 13.1. The number of benzene rings is 1. The zero-order valence-electron chi connectivity index (χ0n) is 17.1. The van der Waals surface area contributed by atoms with Crippen LogP contribution in [0.1, 0.15) is 34.9 Å². The van der Waals surface area contributed by atoms with E-state index in [2.05, 4.69) is 32.3 Å². The van der Waals surface area contributed by atoms with E-state index >= 15 is 0 Å². The molecule has 29 heavy (non-hydrogen) atoms. The third-order valence-electron chi connectivity index (χ3n) is 4.00. The second-order valence-corrected chi connectivity index (χ2v) is 9.36. The average Bonchev–Trinajstić information content (AvgIpc) is 3.14. The first-order chi connectivity index (χ1) is 13.5. The van der Waals surface area contributed by atoms with Gasteiger partial charge in [0.1, 0.15) is 0 Å². The summed E-state index contributed by atoms with van der Waals surface area (Å²) < 4.78 is 25.8. The van der Waals surface area contributed by atoms with E-state index in [1.807, 2.05) is 37.4 Å². The number of thiazole rings is 1. The molecule has 2 aromatic rings. The van der Waals surface area contributed by atoms with E-state index < -0.39 is 10.0 Å². The third kappa shape index (κ3) is 9.41. The van der Waals surface area contributed by atoms with Crippen molar-refractivity contribution in [3.8, 4) is 0 Å². The molecule has 2 rings (SSSR count). The van der Waals surface area contributed by atoms with E-state index in [1.54, 1.807) is 11.3 Å². The van der Waals surface area contributed by atoms with Crippen LogP contribution in [0.5, 0.6) is 0 Å². The summed E-state index contributed by atoms with van der Waals surface area (Å²) >= 11 is 1.75. The summed E-state index contributed by atoms with van der Waals surface area (Å²) in [6.45, 7) is 6.15. The van der Waals surface area contributed by atoms with Gasteiger partial charge in [0.15, 0.2) is 5.96 Å². The summed E-state index contributed by atoms with van der Waals surface area (Å²) in [5.74, 6) is 0.704. The van der Waals surface area contributed by atoms with Gasteiger partial charge in [0.2, 0.25) is 10.0 Å². The molecule has 0 amide bonds. The minimum Gasteiger partial charge on any atom is -0.357 e. The maximum Gasteiger partial charge on any atom is 0.215 e. The van der Waals surface area contributed by atoms with Gasteiger partial charge in [-0.15, -0.1) is 35.3 Å². The fourth-order valence-corrected chi connectivity index (χ4v) is 4.16. The van der Waals surface area contributed by atoms with Gasteiger partial charge in [-0.05, 0) is 31.5 Å². The van der Waals surface area contributed by atoms with Gasteiger partial charge >= 0.3 is 0 Å². The first-order valence-electron chi connectivity index (χ1n) is 9.40. The lowest BCUT2D eigenvalue weighted by atomic mass is 10.1. The van der Waals surface area contributed by atoms with Crippen LogP contribution < -0.4 is 15.4 Å². The van der Waals surface area contributed by atoms with Gasteiger partial charge in [0.25, 0.3) is 0 Å². The van der Waals surface area contributed by atoms with E-state index in [4.69, 9.17) is 0 Å². The summed E-state index contributed by atoms with van der Waals surface area (Å²) in [4.78, 5) is 10.3. The lowest BCUT2D eigenvalue weighted by Gasteiger charge is -2.11. The Morgan fingerprint density at radius 2 is 1.97 bits per heavy atom. The number of sulfonamides is 1. The van der Waals surface area contributed by atoms with Crippen molar-refractivity contribution in [2.75, 3.05) is 20.1 Å². The normalized spacial score (nSPS) is 11.8. The number of hydrogen-bond acceptors (Lipinski definition) is 5. The Hall–Kier alpha value is -1.24. The van der Waals surface area contributed by atoms with E-state index in [1.165, 1.54) is 11.9 Å². The predicted octanol–water partition coefficient (Wildman–Crippen LogP) is 2.67. The first kappa shape index (κ1) is 25.8. The van der Waals surface area contributed by atoms with Crippen molar-refractivity contribution >= 4 is 51.3 Å². The molecular formula is C19H30IN5O2S2. The molecule has 1 heterocycles. The van der Waals surface area contributed by atoms with Crippen LogP contribution in [0.15, 0.2) is 35.5 Å². The fourth-order valence-electron chi connectivity index (χ4n) is 2.54. The zero-order valence-corrected chi connectivity index (χ0v) is 21.0. The molecule has 1 aromatic heterocycles. The van der Waals surface area contributed by atoms with Crippen LogP contribution in [-0.2, 0) is 35.2 Å². The molecule has 0 atom stereocenters. The highest BCUT2D eigenvalue weighted by Crippen LogP contribution is 2.13. The molecule has 0 saturated carbocycles. The van der Waals surface area contributed by atoms with Crippen LogP contribution in [0.2, 0.25) is 0 Å². The molecule has 3 N–H and O–H groups in total. The van der Waals surface area contributed by atoms with Crippen molar-refractivity contribution in [2.24, 2.45) is 4.99 Å². The number of halogens is 1. The minimum absolute atomic E-state index is 0. The quantitative estimate of drug-likeness (QED) is 0.240. The average molecular weight is 552 g/mol. The molecule has 0 spiro atoms. The summed E-state index contributed by atoms with van der Waals surface area (Å²) in [7, 11) is -1.86. The van der Waals surface area contributed by atoms with Crippen molar-refractivity contribution in [2.45, 2.75) is 39.0 Å². The van der Waals surface area contributed by atoms with Crippen LogP contribution in [0, 0.1) is 0 Å². The smallest absolute Gasteiger partial charge is 0.215 e. The Bertz CT molecular complexity index is 884. The number of rotatable bonds is 10. The lowest BCUT2D eigenvalue weighted by Crippen LogP contribution is -2.38. The standard InChI is InChI=1S/C19H29N5O2S2.HI/c1-4-17-13-23-18(27-17)9-10-22-19(21-5-2)24-12-15-7-6-8-16(11-15)14-28(25,26)20-3;/h6-8,11,13,20H,4-5,9-10,12,14H2,1-3H3,(H2,21,22,24);1H. The van der Waals surface area contributed by atoms with Crippen LogP contribution >= 0.6 is 35.3 Å². The number of hydrogen-bond donors (Lipinski definition) is 3. The molecule has 10 heteroatoms. The summed E-state index contributed by atoms with van der Waals surface area (Å²) in [6, 6.07) is 7.50. The Kier molecular flexibility index (Phi) is 11.7. The predicted molar refractivity (Wildman–Crippen MR) is 132 cm³/mol. The Morgan fingerprint density at radius 1 is 1.21 bits per heavy atom. The van der Waals surface area contributed by atoms with E-state index in [9.17, 15) is 8.42 Å². The Morgan fingerprint density at radius 3 is 2.62 bits per heavy atom. The second-order valence-electron chi connectivity index (χ2n) is 6.23. The molecular weight excluding hydrogens is 521 g/mol. The molecule has 0 bridgehead atoms. The number of guanidine groups is 1. The first-order valence-corrected chi connectivity index (χ1v) is 11.9. The maximum absolute atomic E-state index is 11.7. The topological polar surface area (TPSA) is 95.5 Å². The summed E-state index contributed by atoms with van der Waals surface area (Å²) in [5, 5.41) is 7.69. The van der Waals surface area contributed by atoms with Crippen molar-refractivity contribution in [3.05, 3.63) is 51.5 Å². The molecule has 0 aliphatic heterocycles. The third-order valence-corrected chi connectivity index (χ3v) is 6.54. The number of aromatic nitrogens is 1. The van der Waals surface area contributed by atoms with E-state index in [0.29, 0.717) is 6.54 Å². The highest BCUT2D eigenvalue weighted by atomic mass is 127. The largest absolute Gasteiger partial charge is 0.357 e. The van der Waals surface area contributed by atoms with Gasteiger partial charge in [-0.1, -0.05) is 31.2 Å². The number of aliphatic imine (C=N–C) groups is 1. The van der Waals surface area contributed by atoms with Crippen LogP contribution in [-0.4, -0.2) is 39.5 Å². The van der Waals surface area contributed by atoms with Crippen LogP contribution in [0.25, 0.3) is 0 Å². The molecule has 0 saturated heterocycles. The number of nitrogens with zero attached hydrogens (tertiary/aromatic N) is 2. The maximum atomic E-state index is 11.7. The molecule has 0 unspecified atom stereocenters. The van der Waals surface area contributed by atoms with Gasteiger partial charge in [-0.2, -0.15) is 0 Å². The highest BCUT2D eigenvalue weighted by Gasteiger charge is 2.09. The SMILES string of the molecule is CCNC(=NCc1cccc(CS(=O)(=O)NC)c1)NCCc1ncc(CC)s1.I. The molecule has 162 valence electrons. The molecule has 0 fully saturated rings. The van der Waals surface area contributed by atoms with Crippen molar-refractivity contribution in [1.29, 1.82) is 0 Å². The van der Waals surface area contributed by atoms with Gasteiger partial charge in [-0.3, -0.25) is 0 Å². The van der Waals surface area contributed by atoms with E-state index in [0.717, 1.165) is 48.0 Å². The zero-order chi connectivity index (χ0) is 20.4. The highest BCUT2D eigenvalue weighted by molar-refractivity contribution is 14.0. The van der Waals surface area contributed by atoms with Crippen molar-refractivity contribution < 1.29 is 8.42 Å².